The number of nitrogens with one attached hydrogen (secondary N) is 1. The monoisotopic (exact) mass is 274 g/mol. The number of hydrogen-bond acceptors (Lipinski definition) is 3. The Bertz CT molecular complexity index is 136. The molecular weight excluding hydrogens is 251 g/mol. The highest BCUT2D eigenvalue weighted by molar-refractivity contribution is 5.85. The van der Waals surface area contributed by atoms with Crippen molar-refractivity contribution in [3.05, 3.63) is 0 Å². The number of halogens is 2. The second-order valence-electron chi connectivity index (χ2n) is 4.11. The lowest BCUT2D eigenvalue weighted by molar-refractivity contribution is 0.0284. The molecule has 0 bridgehead atoms. The first-order valence-electron chi connectivity index (χ1n) is 5.46. The summed E-state index contributed by atoms with van der Waals surface area (Å²) in [5.74, 6) is 0.930. The van der Waals surface area contributed by atoms with Gasteiger partial charge in [0.25, 0.3) is 0 Å². The van der Waals surface area contributed by atoms with E-state index in [-0.39, 0.29) is 30.3 Å². The lowest BCUT2D eigenvalue weighted by Gasteiger charge is -2.32. The third kappa shape index (κ3) is 6.23. The van der Waals surface area contributed by atoms with Crippen molar-refractivity contribution >= 4 is 24.8 Å². The maximum Gasteiger partial charge on any atom is 0.0594 e. The largest absolute Gasteiger partial charge is 0.412 e. The van der Waals surface area contributed by atoms with E-state index in [1.807, 2.05) is 0 Å². The van der Waals surface area contributed by atoms with Gasteiger partial charge in [0.1, 0.15) is 0 Å². The second-order valence-corrected chi connectivity index (χ2v) is 4.11. The minimum absolute atomic E-state index is 0. The summed E-state index contributed by atoms with van der Waals surface area (Å²) >= 11 is 0. The van der Waals surface area contributed by atoms with Gasteiger partial charge in [-0.15, -0.1) is 24.8 Å². The van der Waals surface area contributed by atoms with E-state index in [1.54, 1.807) is 0 Å². The highest BCUT2D eigenvalue weighted by Crippen LogP contribution is 2.13. The fraction of sp³-hybridized carbons (Fsp3) is 1.00. The normalized spacial score (nSPS) is 22.5. The van der Waals surface area contributed by atoms with Crippen LogP contribution >= 0.6 is 24.8 Å². The predicted molar refractivity (Wildman–Crippen MR) is 71.0 cm³/mol. The molecule has 16 heavy (non-hydrogen) atoms. The molecule has 0 aromatic rings. The summed E-state index contributed by atoms with van der Waals surface area (Å²) in [5.41, 5.74) is 0. The Morgan fingerprint density at radius 3 is 2.19 bits per heavy atom. The Kier molecular flexibility index (Phi) is 12.4. The van der Waals surface area contributed by atoms with Gasteiger partial charge in [0, 0.05) is 19.6 Å². The van der Waals surface area contributed by atoms with Crippen molar-refractivity contribution in [1.82, 2.24) is 10.2 Å². The van der Waals surface area contributed by atoms with E-state index in [1.165, 1.54) is 32.5 Å². The van der Waals surface area contributed by atoms with Gasteiger partial charge >= 0.3 is 0 Å². The van der Waals surface area contributed by atoms with E-state index < -0.39 is 0 Å². The SMILES string of the molecule is C1CC(CN2CCOCC2)CCN1.Cl.Cl.O. The Balaban J connectivity index is 0. The van der Waals surface area contributed by atoms with Crippen LogP contribution in [-0.2, 0) is 4.74 Å². The first-order chi connectivity index (χ1) is 6.45. The number of rotatable bonds is 2. The maximum atomic E-state index is 5.33. The lowest BCUT2D eigenvalue weighted by atomic mass is 9.97. The van der Waals surface area contributed by atoms with Crippen LogP contribution in [0.15, 0.2) is 0 Å². The molecule has 2 rings (SSSR count). The minimum atomic E-state index is 0. The molecule has 0 aromatic carbocycles. The van der Waals surface area contributed by atoms with Crippen LogP contribution in [0.5, 0.6) is 0 Å². The van der Waals surface area contributed by atoms with E-state index in [0.717, 1.165) is 32.2 Å². The summed E-state index contributed by atoms with van der Waals surface area (Å²) < 4.78 is 5.33. The molecular formula is C10H24Cl2N2O2. The Hall–Kier alpha value is 0.420. The molecule has 0 aromatic heterocycles. The molecule has 0 saturated carbocycles. The fourth-order valence-electron chi connectivity index (χ4n) is 2.21. The summed E-state index contributed by atoms with van der Waals surface area (Å²) in [7, 11) is 0. The van der Waals surface area contributed by atoms with Gasteiger partial charge in [0.05, 0.1) is 13.2 Å². The third-order valence-corrected chi connectivity index (χ3v) is 3.08. The van der Waals surface area contributed by atoms with Crippen LogP contribution in [0.3, 0.4) is 0 Å². The summed E-state index contributed by atoms with van der Waals surface area (Å²) in [6.45, 7) is 7.89. The first kappa shape index (κ1) is 18.8. The van der Waals surface area contributed by atoms with E-state index in [9.17, 15) is 0 Å². The molecule has 0 radical (unpaired) electrons. The zero-order chi connectivity index (χ0) is 8.93. The molecule has 4 nitrogen and oxygen atoms in total. The number of piperidine rings is 1. The van der Waals surface area contributed by atoms with Crippen molar-refractivity contribution in [1.29, 1.82) is 0 Å². The summed E-state index contributed by atoms with van der Waals surface area (Å²) in [5, 5.41) is 3.41. The number of nitrogens with zero attached hydrogens (tertiary/aromatic N) is 1. The third-order valence-electron chi connectivity index (χ3n) is 3.08. The topological polar surface area (TPSA) is 56.0 Å². The molecule has 0 aliphatic carbocycles. The summed E-state index contributed by atoms with van der Waals surface area (Å²) in [6, 6.07) is 0. The van der Waals surface area contributed by atoms with Crippen LogP contribution in [-0.4, -0.2) is 56.3 Å². The zero-order valence-corrected chi connectivity index (χ0v) is 11.2. The molecule has 0 atom stereocenters. The van der Waals surface area contributed by atoms with Gasteiger partial charge in [0.2, 0.25) is 0 Å². The standard InChI is InChI=1S/C10H20N2O.2ClH.H2O/c1-3-11-4-2-10(1)9-12-5-7-13-8-6-12;;;/h10-11H,1-9H2;2*1H;1H2. The average Bonchev–Trinajstić information content (AvgIpc) is 2.21. The average molecular weight is 275 g/mol. The van der Waals surface area contributed by atoms with E-state index in [2.05, 4.69) is 10.2 Å². The fourth-order valence-corrected chi connectivity index (χ4v) is 2.21. The molecule has 0 unspecified atom stereocenters. The number of morpholine rings is 1. The molecule has 3 N–H and O–H groups in total. The highest BCUT2D eigenvalue weighted by Gasteiger charge is 2.18. The molecule has 2 saturated heterocycles. The van der Waals surface area contributed by atoms with Crippen LogP contribution in [0.1, 0.15) is 12.8 Å². The van der Waals surface area contributed by atoms with Crippen molar-refractivity contribution in [2.24, 2.45) is 5.92 Å². The van der Waals surface area contributed by atoms with Crippen LogP contribution in [0.25, 0.3) is 0 Å². The highest BCUT2D eigenvalue weighted by atomic mass is 35.5. The molecule has 0 amide bonds. The van der Waals surface area contributed by atoms with Gasteiger partial charge in [-0.3, -0.25) is 4.90 Å². The van der Waals surface area contributed by atoms with Gasteiger partial charge in [-0.25, -0.2) is 0 Å². The lowest BCUT2D eigenvalue weighted by Crippen LogP contribution is -2.41. The van der Waals surface area contributed by atoms with Gasteiger partial charge < -0.3 is 15.5 Å². The minimum Gasteiger partial charge on any atom is -0.412 e. The smallest absolute Gasteiger partial charge is 0.0594 e. The first-order valence-corrected chi connectivity index (χ1v) is 5.46. The molecule has 0 spiro atoms. The molecule has 6 heteroatoms. The van der Waals surface area contributed by atoms with E-state index in [0.29, 0.717) is 0 Å². The molecule has 2 aliphatic rings. The van der Waals surface area contributed by atoms with E-state index in [4.69, 9.17) is 4.74 Å². The van der Waals surface area contributed by atoms with Crippen LogP contribution in [0.4, 0.5) is 0 Å². The van der Waals surface area contributed by atoms with Crippen LogP contribution in [0, 0.1) is 5.92 Å². The van der Waals surface area contributed by atoms with E-state index >= 15 is 0 Å². The quantitative estimate of drug-likeness (QED) is 0.790. The predicted octanol–water partition coefficient (Wildman–Crippen LogP) is 0.337. The van der Waals surface area contributed by atoms with Crippen molar-refractivity contribution in [2.45, 2.75) is 12.8 Å². The van der Waals surface area contributed by atoms with Crippen molar-refractivity contribution < 1.29 is 10.2 Å². The zero-order valence-electron chi connectivity index (χ0n) is 9.61. The van der Waals surface area contributed by atoms with Crippen LogP contribution < -0.4 is 5.32 Å². The van der Waals surface area contributed by atoms with Gasteiger partial charge in [-0.2, -0.15) is 0 Å². The van der Waals surface area contributed by atoms with Gasteiger partial charge in [-0.05, 0) is 31.8 Å². The Labute approximate surface area is 110 Å². The molecule has 2 heterocycles. The maximum absolute atomic E-state index is 5.33. The van der Waals surface area contributed by atoms with Crippen molar-refractivity contribution in [2.75, 3.05) is 45.9 Å². The number of ether oxygens (including phenoxy) is 1. The molecule has 100 valence electrons. The number of hydrogen-bond donors (Lipinski definition) is 1. The summed E-state index contributed by atoms with van der Waals surface area (Å²) in [4.78, 5) is 2.56. The van der Waals surface area contributed by atoms with Gasteiger partial charge in [-0.1, -0.05) is 0 Å². The second kappa shape index (κ2) is 10.6. The van der Waals surface area contributed by atoms with Crippen molar-refractivity contribution in [3.63, 3.8) is 0 Å². The summed E-state index contributed by atoms with van der Waals surface area (Å²) in [6.07, 6.45) is 2.72. The van der Waals surface area contributed by atoms with Gasteiger partial charge in [0.15, 0.2) is 0 Å². The van der Waals surface area contributed by atoms with Crippen LogP contribution in [0.2, 0.25) is 0 Å². The van der Waals surface area contributed by atoms with Crippen molar-refractivity contribution in [3.8, 4) is 0 Å². The Morgan fingerprint density at radius 1 is 1.06 bits per heavy atom. The Morgan fingerprint density at radius 2 is 1.62 bits per heavy atom. The molecule has 2 aliphatic heterocycles. The molecule has 2 fully saturated rings.